The van der Waals surface area contributed by atoms with Crippen LogP contribution in [0.3, 0.4) is 0 Å². The van der Waals surface area contributed by atoms with Gasteiger partial charge >= 0.3 is 12.1 Å². The predicted octanol–water partition coefficient (Wildman–Crippen LogP) is 28.7. The number of alkyl halides is 3. The van der Waals surface area contributed by atoms with Crippen LogP contribution in [0.5, 0.6) is 0 Å². The summed E-state index contributed by atoms with van der Waals surface area (Å²) in [7, 11) is 1.45. The number of thioether (sulfide) groups is 1. The van der Waals surface area contributed by atoms with Gasteiger partial charge in [-0.3, -0.25) is 24.0 Å². The summed E-state index contributed by atoms with van der Waals surface area (Å²) in [6.07, 6.45) is 22.0. The highest BCUT2D eigenvalue weighted by Gasteiger charge is 2.40. The number of hydrogen-bond donors (Lipinski definition) is 12. The standard InChI is InChI=1S/C12H25NO2.C11H16O.C10H21NO2.C10H20O.C9H18O2.C9H18O.2C9H20O.C8H15F3.C8H17NO.C8H18OS.2C8H18O/c1-6-7-10(9(2)3)11(14)13-8-12(4,5)15;1-9(2)11(8-12)10-6-4-3-5-7-10;1-4-5-9(8(2)3)10(13)11-6-7-12;1-5-7-9(8(3)4)10(11)6-2;1-5-6-8(7(2)3)9(10)11-4;1-7(2)9(6-10)5-8-3-4-8;1-7(2)5-9(6-10)8(3)4;1-4-5-6-9(7-10)8(2)3;1-4-5-7(6(2)3)8(9,10)11;1-4-5-7(6(2)3)8(9)10;1-7(2)8(6-9)4-5-10-3;1-6(2)8(5-9)7(3)4;1-4-5-8(6-9)7(2)3/h9-10,15H,6-8H2,1-5H3,(H,13,14);3-7,9,11-12H,8H2,1-2H3;8-9,12H,4-7H2,1-3H3,(H,11,13);8-9H,5-7H2,1-4H3;7-8H,5-6H2,1-4H3;7-10H,3-6H2,1-2H3;7-10H,5-6H2,1-4H3;8-10H,4-7H2,1-3H3;6-7H,4-5H2,1-3H3;6-7H,4-5H2,1-3H3,(H2,9,10);7-9H,4-6H2,1-3H3;6-9H,5H2,1-4H3;7-9H,4-6H2,1-3H3/t10-;11-;2*9-;8-;9-;;9-;2*7-;8-;;8-/m101110.0110.0/s1. The summed E-state index contributed by atoms with van der Waals surface area (Å²) in [5.74, 6) is 12.7. The zero-order valence-corrected chi connectivity index (χ0v) is 101. The van der Waals surface area contributed by atoms with Crippen molar-refractivity contribution >= 4 is 41.2 Å². The molecule has 0 saturated heterocycles. The van der Waals surface area contributed by atoms with Gasteiger partial charge < -0.3 is 67.1 Å². The Kier molecular flexibility index (Phi) is 116. The molecule has 1 aliphatic rings. The normalized spacial score (nSPS) is 14.3. The van der Waals surface area contributed by atoms with Crippen LogP contribution in [0.25, 0.3) is 0 Å². The Bertz CT molecular complexity index is 2740. The average Bonchev–Trinajstić information content (AvgIpc) is 1.16. The molecule has 141 heavy (non-hydrogen) atoms. The molecule has 18 nitrogen and oxygen atoms in total. The number of aliphatic hydroxyl groups excluding tert-OH is 8. The lowest BCUT2D eigenvalue weighted by molar-refractivity contribution is -0.187. The first kappa shape index (κ1) is 160. The number of ketones is 1. The van der Waals surface area contributed by atoms with Gasteiger partial charge in [-0.1, -0.05) is 371 Å². The van der Waals surface area contributed by atoms with E-state index in [9.17, 15) is 42.3 Å². The molecule has 1 unspecified atom stereocenters. The van der Waals surface area contributed by atoms with E-state index >= 15 is 0 Å². The van der Waals surface area contributed by atoms with Crippen LogP contribution in [-0.2, 0) is 28.7 Å². The average molecular weight is 2050 g/mol. The molecule has 2 rings (SSSR count). The maximum atomic E-state index is 12.2. The number of methoxy groups -OCH3 is 1. The Morgan fingerprint density at radius 1 is 0.411 bits per heavy atom. The summed E-state index contributed by atoms with van der Waals surface area (Å²) in [4.78, 5) is 56.5. The first-order valence-electron chi connectivity index (χ1n) is 56.1. The van der Waals surface area contributed by atoms with Gasteiger partial charge in [-0.25, -0.2) is 0 Å². The monoisotopic (exact) mass is 2040 g/mol. The van der Waals surface area contributed by atoms with Crippen LogP contribution in [0, 0.1) is 166 Å². The van der Waals surface area contributed by atoms with Gasteiger partial charge in [0, 0.05) is 88.7 Å². The number of amides is 3. The van der Waals surface area contributed by atoms with E-state index < -0.39 is 17.7 Å². The fourth-order valence-electron chi connectivity index (χ4n) is 15.9. The number of ether oxygens (including phenoxy) is 1. The van der Waals surface area contributed by atoms with Crippen molar-refractivity contribution in [3.63, 3.8) is 0 Å². The Morgan fingerprint density at radius 3 is 0.993 bits per heavy atom. The molecule has 12 atom stereocenters. The molecule has 13 N–H and O–H groups in total. The maximum Gasteiger partial charge on any atom is 0.392 e. The summed E-state index contributed by atoms with van der Waals surface area (Å²) < 4.78 is 41.2. The molecule has 1 fully saturated rings. The van der Waals surface area contributed by atoms with Gasteiger partial charge in [0.25, 0.3) is 0 Å². The lowest BCUT2D eigenvalue weighted by atomic mass is 9.86. The van der Waals surface area contributed by atoms with E-state index in [1.54, 1.807) is 34.6 Å². The predicted molar refractivity (Wildman–Crippen MR) is 604 cm³/mol. The fourth-order valence-corrected chi connectivity index (χ4v) is 16.5. The number of benzene rings is 1. The highest BCUT2D eigenvalue weighted by molar-refractivity contribution is 7.98. The van der Waals surface area contributed by atoms with Crippen molar-refractivity contribution in [1.29, 1.82) is 0 Å². The second kappa shape index (κ2) is 102. The van der Waals surface area contributed by atoms with Crippen LogP contribution >= 0.6 is 11.8 Å². The minimum Gasteiger partial charge on any atom is -0.469 e. The van der Waals surface area contributed by atoms with E-state index in [0.29, 0.717) is 196 Å². The van der Waals surface area contributed by atoms with E-state index in [0.717, 1.165) is 89.4 Å². The summed E-state index contributed by atoms with van der Waals surface area (Å²) in [6.45, 7) is 87.9. The number of carbonyl (C=O) groups excluding carboxylic acids is 5. The molecular formula is C119H244F3N3O15S. The Labute approximate surface area is 876 Å². The third kappa shape index (κ3) is 98.3. The topological polar surface area (TPSA) is 327 Å². The van der Waals surface area contributed by atoms with Crippen LogP contribution in [0.4, 0.5) is 13.2 Å². The quantitative estimate of drug-likeness (QED) is 0.0270. The number of carbonyl (C=O) groups is 5. The van der Waals surface area contributed by atoms with Crippen LogP contribution in [-0.4, -0.2) is 172 Å². The highest BCUT2D eigenvalue weighted by atomic mass is 32.2. The lowest BCUT2D eigenvalue weighted by Gasteiger charge is -2.23. The Hall–Kier alpha value is -3.45. The van der Waals surface area contributed by atoms with Crippen molar-refractivity contribution in [2.75, 3.05) is 85.1 Å². The molecule has 1 aromatic carbocycles. The van der Waals surface area contributed by atoms with Gasteiger partial charge in [0.1, 0.15) is 5.78 Å². The van der Waals surface area contributed by atoms with Crippen LogP contribution in [0.1, 0.15) is 443 Å². The van der Waals surface area contributed by atoms with Crippen molar-refractivity contribution < 1.29 is 87.8 Å². The highest BCUT2D eigenvalue weighted by Crippen LogP contribution is 2.38. The van der Waals surface area contributed by atoms with Crippen molar-refractivity contribution in [1.82, 2.24) is 10.6 Å². The van der Waals surface area contributed by atoms with E-state index in [4.69, 9.17) is 46.6 Å². The molecule has 1 aliphatic carbocycles. The zero-order valence-electron chi connectivity index (χ0n) is 100. The van der Waals surface area contributed by atoms with E-state index in [1.807, 2.05) is 50.7 Å². The number of aliphatic hydroxyl groups is 9. The first-order chi connectivity index (χ1) is 65.5. The maximum absolute atomic E-state index is 12.2. The third-order valence-corrected chi connectivity index (χ3v) is 27.3. The summed E-state index contributed by atoms with van der Waals surface area (Å²) in [5, 5.41) is 86.2. The molecule has 0 spiro atoms. The van der Waals surface area contributed by atoms with Gasteiger partial charge in [-0.2, -0.15) is 24.9 Å². The van der Waals surface area contributed by atoms with Gasteiger partial charge in [0.15, 0.2) is 0 Å². The summed E-state index contributed by atoms with van der Waals surface area (Å²) >= 11 is 1.85. The molecule has 0 heterocycles. The van der Waals surface area contributed by atoms with Gasteiger partial charge in [-0.15, -0.1) is 0 Å². The van der Waals surface area contributed by atoms with E-state index in [1.165, 1.54) is 63.4 Å². The smallest absolute Gasteiger partial charge is 0.392 e. The van der Waals surface area contributed by atoms with Gasteiger partial charge in [0.05, 0.1) is 37.8 Å². The number of hydrogen-bond acceptors (Lipinski definition) is 16. The lowest BCUT2D eigenvalue weighted by Crippen LogP contribution is -2.42. The van der Waals surface area contributed by atoms with Crippen molar-refractivity contribution in [3.05, 3.63) is 35.9 Å². The largest absolute Gasteiger partial charge is 0.469 e. The van der Waals surface area contributed by atoms with Crippen LogP contribution in [0.2, 0.25) is 0 Å². The molecule has 852 valence electrons. The van der Waals surface area contributed by atoms with E-state index in [2.05, 4.69) is 262 Å². The van der Waals surface area contributed by atoms with Crippen molar-refractivity contribution in [2.45, 2.75) is 449 Å². The molecule has 1 aromatic rings. The molecule has 0 aromatic heterocycles. The fraction of sp³-hybridized carbons (Fsp3) is 0.908. The number of nitrogens with two attached hydrogens (primary N) is 1. The van der Waals surface area contributed by atoms with Gasteiger partial charge in [0.2, 0.25) is 17.7 Å². The number of primary amides is 1. The molecule has 0 radical (unpaired) electrons. The number of unbranched alkanes of at least 4 members (excludes halogenated alkanes) is 1. The number of nitrogens with one attached hydrogen (secondary N) is 2. The van der Waals surface area contributed by atoms with Gasteiger partial charge in [-0.05, 0) is 232 Å². The third-order valence-electron chi connectivity index (χ3n) is 26.7. The molecular weight excluding hydrogens is 1800 g/mol. The Morgan fingerprint density at radius 2 is 0.766 bits per heavy atom. The van der Waals surface area contributed by atoms with Crippen LogP contribution in [0.15, 0.2) is 30.3 Å². The number of rotatable bonds is 56. The SMILES string of the molecule is CC(C)C(CO)C(C)C.CC(C)CC(CO)C(C)C.CC(C)[C@H](CO)CC1CC1.CC(C)[C@H](CO)c1ccccc1.CCCC[C@@H](CO)C(C)C.CCC[C@@H](C(=O)CC)C(C)C.CCC[C@@H](C(=O)NCC(C)(C)O)C(C)C.CCC[C@@H](C(=O)NCCO)C(C)C.CCC[C@@H](C(=O)OC)C(C)C.CCC[C@@H](C(N)=O)C(C)C.CCC[C@@H](CO)C(C)C.CCC[C@H](C(C)C)C(F)(F)F.CSCC[C@@H](CO)C(C)C. The number of esters is 1. The minimum absolute atomic E-state index is 0.0165. The first-order valence-corrected chi connectivity index (χ1v) is 57.5. The van der Waals surface area contributed by atoms with Crippen LogP contribution < -0.4 is 16.4 Å². The number of Topliss-reactive ketones (excluding diaryl/α,β-unsaturated/α-hetero) is 1. The molecule has 0 aliphatic heterocycles. The number of halogens is 3. The second-order valence-electron chi connectivity index (χ2n) is 45.4. The van der Waals surface area contributed by atoms with E-state index in [-0.39, 0.29) is 78.8 Å². The summed E-state index contributed by atoms with van der Waals surface area (Å²) in [6, 6.07) is 10.2. The zero-order chi connectivity index (χ0) is 113. The van der Waals surface area contributed by atoms with Crippen molar-refractivity contribution in [2.24, 2.45) is 171 Å². The Balaban J connectivity index is -0.000000145. The molecule has 1 saturated carbocycles. The second-order valence-corrected chi connectivity index (χ2v) is 46.4. The molecule has 0 bridgehead atoms. The van der Waals surface area contributed by atoms with Crippen molar-refractivity contribution in [3.8, 4) is 0 Å². The minimum atomic E-state index is -4.01. The summed E-state index contributed by atoms with van der Waals surface area (Å²) in [5.41, 5.74) is 5.59. The molecule has 3 amide bonds. The molecule has 22 heteroatoms.